The summed E-state index contributed by atoms with van der Waals surface area (Å²) in [6.45, 7) is 11.9. The van der Waals surface area contributed by atoms with E-state index in [2.05, 4.69) is 23.6 Å². The molecule has 0 aromatic heterocycles. The van der Waals surface area contributed by atoms with E-state index in [0.29, 0.717) is 6.10 Å². The molecule has 4 nitrogen and oxygen atoms in total. The van der Waals surface area contributed by atoms with E-state index in [1.54, 1.807) is 0 Å². The van der Waals surface area contributed by atoms with Gasteiger partial charge in [0.2, 0.25) is 0 Å². The fourth-order valence-electron chi connectivity index (χ4n) is 3.67. The summed E-state index contributed by atoms with van der Waals surface area (Å²) in [6.07, 6.45) is 5.35. The first-order valence-electron chi connectivity index (χ1n) is 7.99. The van der Waals surface area contributed by atoms with E-state index in [-0.39, 0.29) is 5.54 Å². The van der Waals surface area contributed by atoms with Crippen molar-refractivity contribution in [1.82, 2.24) is 9.80 Å². The summed E-state index contributed by atoms with van der Waals surface area (Å²) >= 11 is 0. The molecule has 2 atom stereocenters. The largest absolute Gasteiger partial charge is 0.376 e. The molecule has 2 N–H and O–H groups in total. The fraction of sp³-hybridized carbons (Fsp3) is 1.00. The van der Waals surface area contributed by atoms with Gasteiger partial charge in [-0.2, -0.15) is 0 Å². The Kier molecular flexibility index (Phi) is 5.63. The Bertz CT molecular complexity index is 274. The van der Waals surface area contributed by atoms with Crippen LogP contribution in [-0.2, 0) is 4.74 Å². The van der Waals surface area contributed by atoms with Gasteiger partial charge in [0, 0.05) is 25.2 Å². The van der Waals surface area contributed by atoms with Gasteiger partial charge in [0.15, 0.2) is 0 Å². The van der Waals surface area contributed by atoms with E-state index in [1.807, 2.05) is 0 Å². The highest BCUT2D eigenvalue weighted by atomic mass is 16.5. The second kappa shape index (κ2) is 7.02. The monoisotopic (exact) mass is 269 g/mol. The Balaban J connectivity index is 2.00. The number of hydrogen-bond acceptors (Lipinski definition) is 4. The third-order valence-corrected chi connectivity index (χ3v) is 4.84. The van der Waals surface area contributed by atoms with Crippen molar-refractivity contribution in [3.8, 4) is 0 Å². The van der Waals surface area contributed by atoms with E-state index in [1.165, 1.54) is 45.3 Å². The molecule has 2 aliphatic heterocycles. The molecule has 2 aliphatic rings. The minimum absolute atomic E-state index is 0.223. The van der Waals surface area contributed by atoms with Gasteiger partial charge in [-0.05, 0) is 52.2 Å². The predicted molar refractivity (Wildman–Crippen MR) is 79.4 cm³/mol. The zero-order chi connectivity index (χ0) is 13.7. The lowest BCUT2D eigenvalue weighted by atomic mass is 9.87. The molecule has 2 rings (SSSR count). The zero-order valence-electron chi connectivity index (χ0n) is 12.7. The average molecular weight is 269 g/mol. The Labute approximate surface area is 118 Å². The molecule has 112 valence electrons. The third kappa shape index (κ3) is 3.69. The van der Waals surface area contributed by atoms with Gasteiger partial charge >= 0.3 is 0 Å². The molecule has 0 aromatic carbocycles. The first kappa shape index (κ1) is 15.2. The molecule has 0 radical (unpaired) electrons. The molecule has 0 aliphatic carbocycles. The summed E-state index contributed by atoms with van der Waals surface area (Å²) in [6, 6.07) is 0. The number of nitrogens with two attached hydrogens (primary N) is 1. The first-order chi connectivity index (χ1) is 9.20. The van der Waals surface area contributed by atoms with Crippen molar-refractivity contribution in [2.45, 2.75) is 51.2 Å². The summed E-state index contributed by atoms with van der Waals surface area (Å²) < 4.78 is 5.69. The Hall–Kier alpha value is -0.160. The number of hydrogen-bond donors (Lipinski definition) is 1. The molecule has 0 aromatic rings. The standard InChI is InChI=1S/C15H31N3O/c1-3-7-17-8-4-5-15(13-16,6-9-17)18-10-11-19-14(2)12-18/h14H,3-13,16H2,1-2H3. The van der Waals surface area contributed by atoms with Gasteiger partial charge in [0.05, 0.1) is 12.7 Å². The average Bonchev–Trinajstić information content (AvgIpc) is 2.63. The molecule has 0 saturated carbocycles. The van der Waals surface area contributed by atoms with Gasteiger partial charge in [-0.15, -0.1) is 0 Å². The van der Waals surface area contributed by atoms with Crippen LogP contribution in [0.4, 0.5) is 0 Å². The van der Waals surface area contributed by atoms with Crippen LogP contribution >= 0.6 is 0 Å². The normalized spacial score (nSPS) is 35.2. The molecule has 2 saturated heterocycles. The smallest absolute Gasteiger partial charge is 0.0674 e. The minimum atomic E-state index is 0.223. The molecule has 0 spiro atoms. The van der Waals surface area contributed by atoms with Crippen LogP contribution in [0.15, 0.2) is 0 Å². The van der Waals surface area contributed by atoms with Crippen molar-refractivity contribution in [2.75, 3.05) is 45.9 Å². The van der Waals surface area contributed by atoms with Crippen LogP contribution in [-0.4, -0.2) is 67.3 Å². The van der Waals surface area contributed by atoms with Crippen molar-refractivity contribution in [3.05, 3.63) is 0 Å². The Morgan fingerprint density at radius 3 is 2.79 bits per heavy atom. The van der Waals surface area contributed by atoms with Crippen LogP contribution in [0.25, 0.3) is 0 Å². The topological polar surface area (TPSA) is 41.7 Å². The van der Waals surface area contributed by atoms with Crippen molar-refractivity contribution in [2.24, 2.45) is 5.73 Å². The number of nitrogens with zero attached hydrogens (tertiary/aromatic N) is 2. The van der Waals surface area contributed by atoms with Crippen molar-refractivity contribution in [1.29, 1.82) is 0 Å². The van der Waals surface area contributed by atoms with Gasteiger partial charge < -0.3 is 15.4 Å². The van der Waals surface area contributed by atoms with Gasteiger partial charge in [0.1, 0.15) is 0 Å². The molecule has 4 heteroatoms. The van der Waals surface area contributed by atoms with Crippen LogP contribution < -0.4 is 5.73 Å². The third-order valence-electron chi connectivity index (χ3n) is 4.84. The maximum atomic E-state index is 6.20. The quantitative estimate of drug-likeness (QED) is 0.835. The van der Waals surface area contributed by atoms with E-state index >= 15 is 0 Å². The molecular weight excluding hydrogens is 238 g/mol. The lowest BCUT2D eigenvalue weighted by molar-refractivity contribution is -0.0645. The lowest BCUT2D eigenvalue weighted by Gasteiger charge is -2.46. The fourth-order valence-corrected chi connectivity index (χ4v) is 3.67. The van der Waals surface area contributed by atoms with E-state index in [0.717, 1.165) is 26.2 Å². The SMILES string of the molecule is CCCN1CCCC(CN)(N2CCOC(C)C2)CC1. The van der Waals surface area contributed by atoms with E-state index < -0.39 is 0 Å². The van der Waals surface area contributed by atoms with Crippen LogP contribution in [0.3, 0.4) is 0 Å². The maximum absolute atomic E-state index is 6.20. The number of likely N-dealkylation sites (tertiary alicyclic amines) is 1. The Morgan fingerprint density at radius 1 is 1.26 bits per heavy atom. The second-order valence-electron chi connectivity index (χ2n) is 6.25. The number of ether oxygens (including phenoxy) is 1. The van der Waals surface area contributed by atoms with Gasteiger partial charge in [-0.3, -0.25) is 4.90 Å². The van der Waals surface area contributed by atoms with Crippen LogP contribution in [0.1, 0.15) is 39.5 Å². The zero-order valence-corrected chi connectivity index (χ0v) is 12.7. The highest BCUT2D eigenvalue weighted by molar-refractivity contribution is 4.96. The van der Waals surface area contributed by atoms with E-state index in [4.69, 9.17) is 10.5 Å². The maximum Gasteiger partial charge on any atom is 0.0674 e. The van der Waals surface area contributed by atoms with Crippen LogP contribution in [0, 0.1) is 0 Å². The number of rotatable bonds is 4. The lowest BCUT2D eigenvalue weighted by Crippen LogP contribution is -2.59. The van der Waals surface area contributed by atoms with Gasteiger partial charge in [0.25, 0.3) is 0 Å². The molecule has 19 heavy (non-hydrogen) atoms. The first-order valence-corrected chi connectivity index (χ1v) is 7.99. The van der Waals surface area contributed by atoms with Crippen molar-refractivity contribution in [3.63, 3.8) is 0 Å². The summed E-state index contributed by atoms with van der Waals surface area (Å²) in [7, 11) is 0. The highest BCUT2D eigenvalue weighted by Crippen LogP contribution is 2.30. The van der Waals surface area contributed by atoms with Gasteiger partial charge in [-0.25, -0.2) is 0 Å². The van der Waals surface area contributed by atoms with Gasteiger partial charge in [-0.1, -0.05) is 6.92 Å². The molecule has 2 fully saturated rings. The molecular formula is C15H31N3O. The Morgan fingerprint density at radius 2 is 2.11 bits per heavy atom. The summed E-state index contributed by atoms with van der Waals surface area (Å²) in [5, 5.41) is 0. The second-order valence-corrected chi connectivity index (χ2v) is 6.25. The van der Waals surface area contributed by atoms with Crippen LogP contribution in [0.2, 0.25) is 0 Å². The number of morpholine rings is 1. The summed E-state index contributed by atoms with van der Waals surface area (Å²) in [4.78, 5) is 5.23. The molecule has 0 bridgehead atoms. The summed E-state index contributed by atoms with van der Waals surface area (Å²) in [5.41, 5.74) is 6.43. The summed E-state index contributed by atoms with van der Waals surface area (Å²) in [5.74, 6) is 0. The molecule has 0 amide bonds. The highest BCUT2D eigenvalue weighted by Gasteiger charge is 2.38. The predicted octanol–water partition coefficient (Wildman–Crippen LogP) is 1.30. The minimum Gasteiger partial charge on any atom is -0.376 e. The molecule has 2 heterocycles. The van der Waals surface area contributed by atoms with Crippen molar-refractivity contribution >= 4 is 0 Å². The van der Waals surface area contributed by atoms with Crippen molar-refractivity contribution < 1.29 is 4.74 Å². The van der Waals surface area contributed by atoms with Crippen LogP contribution in [0.5, 0.6) is 0 Å². The van der Waals surface area contributed by atoms with E-state index in [9.17, 15) is 0 Å². The molecule has 2 unspecified atom stereocenters.